The SMILES string of the molecule is CN(CC(=O)N1CCN([C@@H]2CCC[C@@H]2O)CC1)S(C)(=O)=O. The molecule has 2 atom stereocenters. The number of rotatable bonds is 4. The number of aliphatic hydroxyl groups is 1. The molecule has 0 bridgehead atoms. The summed E-state index contributed by atoms with van der Waals surface area (Å²) in [5, 5.41) is 9.93. The first-order valence-corrected chi connectivity index (χ1v) is 9.25. The maximum atomic E-state index is 12.1. The summed E-state index contributed by atoms with van der Waals surface area (Å²) in [6.45, 7) is 2.58. The molecule has 2 rings (SSSR count). The normalized spacial score (nSPS) is 28.3. The predicted molar refractivity (Wildman–Crippen MR) is 79.3 cm³/mol. The first-order chi connectivity index (χ1) is 9.79. The van der Waals surface area contributed by atoms with Crippen molar-refractivity contribution in [2.45, 2.75) is 31.4 Å². The van der Waals surface area contributed by atoms with Gasteiger partial charge < -0.3 is 10.0 Å². The maximum absolute atomic E-state index is 12.1. The molecule has 1 saturated carbocycles. The molecule has 122 valence electrons. The quantitative estimate of drug-likeness (QED) is 0.714. The second kappa shape index (κ2) is 6.60. The molecule has 2 aliphatic rings. The summed E-state index contributed by atoms with van der Waals surface area (Å²) < 4.78 is 23.7. The molecule has 7 nitrogen and oxygen atoms in total. The van der Waals surface area contributed by atoms with Crippen LogP contribution >= 0.6 is 0 Å². The number of carbonyl (C=O) groups is 1. The Bertz CT molecular complexity index is 474. The van der Waals surface area contributed by atoms with E-state index in [2.05, 4.69) is 4.90 Å². The Morgan fingerprint density at radius 1 is 1.24 bits per heavy atom. The number of hydrogen-bond acceptors (Lipinski definition) is 5. The van der Waals surface area contributed by atoms with Crippen LogP contribution in [0.1, 0.15) is 19.3 Å². The van der Waals surface area contributed by atoms with Gasteiger partial charge in [0.05, 0.1) is 18.9 Å². The number of hydrogen-bond donors (Lipinski definition) is 1. The highest BCUT2D eigenvalue weighted by atomic mass is 32.2. The van der Waals surface area contributed by atoms with Crippen LogP contribution in [0.2, 0.25) is 0 Å². The minimum Gasteiger partial charge on any atom is -0.391 e. The summed E-state index contributed by atoms with van der Waals surface area (Å²) in [6.07, 6.45) is 3.79. The van der Waals surface area contributed by atoms with E-state index in [-0.39, 0.29) is 24.6 Å². The van der Waals surface area contributed by atoms with E-state index in [0.717, 1.165) is 42.9 Å². The van der Waals surface area contributed by atoms with Gasteiger partial charge in [0.2, 0.25) is 15.9 Å². The van der Waals surface area contributed by atoms with Gasteiger partial charge in [-0.2, -0.15) is 4.31 Å². The standard InChI is InChI=1S/C13H25N3O4S/c1-14(21(2,19)20)10-13(18)16-8-6-15(7-9-16)11-4-3-5-12(11)17/h11-12,17H,3-10H2,1-2H3/t11-,12+/m1/s1. The van der Waals surface area contributed by atoms with Crippen LogP contribution in [0.5, 0.6) is 0 Å². The fraction of sp³-hybridized carbons (Fsp3) is 0.923. The predicted octanol–water partition coefficient (Wildman–Crippen LogP) is -1.06. The molecule has 0 spiro atoms. The molecule has 1 aliphatic carbocycles. The number of likely N-dealkylation sites (N-methyl/N-ethyl adjacent to an activating group) is 1. The molecule has 0 aromatic heterocycles. The van der Waals surface area contributed by atoms with Crippen molar-refractivity contribution in [2.75, 3.05) is 46.0 Å². The molecular formula is C13H25N3O4S. The Balaban J connectivity index is 1.82. The van der Waals surface area contributed by atoms with Crippen molar-refractivity contribution < 1.29 is 18.3 Å². The van der Waals surface area contributed by atoms with Crippen molar-refractivity contribution in [3.05, 3.63) is 0 Å². The van der Waals surface area contributed by atoms with Crippen LogP contribution < -0.4 is 0 Å². The maximum Gasteiger partial charge on any atom is 0.237 e. The fourth-order valence-electron chi connectivity index (χ4n) is 3.06. The largest absolute Gasteiger partial charge is 0.391 e. The molecule has 0 radical (unpaired) electrons. The van der Waals surface area contributed by atoms with Gasteiger partial charge >= 0.3 is 0 Å². The Hall–Kier alpha value is -0.700. The van der Waals surface area contributed by atoms with E-state index >= 15 is 0 Å². The van der Waals surface area contributed by atoms with E-state index in [1.54, 1.807) is 4.90 Å². The molecule has 1 aliphatic heterocycles. The molecule has 8 heteroatoms. The summed E-state index contributed by atoms with van der Waals surface area (Å²) >= 11 is 0. The monoisotopic (exact) mass is 319 g/mol. The van der Waals surface area contributed by atoms with E-state index in [1.807, 2.05) is 0 Å². The van der Waals surface area contributed by atoms with E-state index in [9.17, 15) is 18.3 Å². The van der Waals surface area contributed by atoms with Gasteiger partial charge in [0.15, 0.2) is 0 Å². The number of carbonyl (C=O) groups excluding carboxylic acids is 1. The summed E-state index contributed by atoms with van der Waals surface area (Å²) in [5.74, 6) is -0.158. The number of sulfonamides is 1. The first kappa shape index (κ1) is 16.7. The summed E-state index contributed by atoms with van der Waals surface area (Å²) in [5.41, 5.74) is 0. The number of aliphatic hydroxyl groups excluding tert-OH is 1. The van der Waals surface area contributed by atoms with Gasteiger partial charge in [-0.25, -0.2) is 8.42 Å². The van der Waals surface area contributed by atoms with E-state index in [4.69, 9.17) is 0 Å². The van der Waals surface area contributed by atoms with Crippen LogP contribution in [0.3, 0.4) is 0 Å². The van der Waals surface area contributed by atoms with Crippen LogP contribution in [-0.2, 0) is 14.8 Å². The number of piperazine rings is 1. The minimum absolute atomic E-state index is 0.106. The van der Waals surface area contributed by atoms with Gasteiger partial charge in [0, 0.05) is 39.3 Å². The molecule has 2 fully saturated rings. The van der Waals surface area contributed by atoms with Crippen molar-refractivity contribution in [2.24, 2.45) is 0 Å². The second-order valence-corrected chi connectivity index (χ2v) is 8.09. The minimum atomic E-state index is -3.33. The zero-order chi connectivity index (χ0) is 15.6. The first-order valence-electron chi connectivity index (χ1n) is 7.40. The molecular weight excluding hydrogens is 294 g/mol. The average Bonchev–Trinajstić information content (AvgIpc) is 2.84. The highest BCUT2D eigenvalue weighted by Crippen LogP contribution is 2.25. The highest BCUT2D eigenvalue weighted by Gasteiger charge is 2.33. The molecule has 1 amide bonds. The zero-order valence-electron chi connectivity index (χ0n) is 12.7. The Morgan fingerprint density at radius 2 is 1.86 bits per heavy atom. The van der Waals surface area contributed by atoms with Gasteiger partial charge in [-0.15, -0.1) is 0 Å². The molecule has 1 N–H and O–H groups in total. The third kappa shape index (κ3) is 4.15. The van der Waals surface area contributed by atoms with Gasteiger partial charge in [0.25, 0.3) is 0 Å². The van der Waals surface area contributed by atoms with Crippen LogP contribution in [0.4, 0.5) is 0 Å². The molecule has 0 aromatic carbocycles. The Kier molecular flexibility index (Phi) is 5.24. The van der Waals surface area contributed by atoms with Crippen LogP contribution in [-0.4, -0.2) is 91.7 Å². The topological polar surface area (TPSA) is 81.2 Å². The third-order valence-electron chi connectivity index (χ3n) is 4.50. The Morgan fingerprint density at radius 3 is 2.33 bits per heavy atom. The second-order valence-electron chi connectivity index (χ2n) is 6.00. The van der Waals surface area contributed by atoms with E-state index in [1.165, 1.54) is 7.05 Å². The molecule has 0 aromatic rings. The lowest BCUT2D eigenvalue weighted by atomic mass is 10.1. The van der Waals surface area contributed by atoms with Crippen LogP contribution in [0, 0.1) is 0 Å². The van der Waals surface area contributed by atoms with Crippen molar-refractivity contribution in [3.63, 3.8) is 0 Å². The van der Waals surface area contributed by atoms with Gasteiger partial charge in [-0.1, -0.05) is 0 Å². The lowest BCUT2D eigenvalue weighted by Crippen LogP contribution is -2.55. The highest BCUT2D eigenvalue weighted by molar-refractivity contribution is 7.88. The van der Waals surface area contributed by atoms with Crippen LogP contribution in [0.25, 0.3) is 0 Å². The van der Waals surface area contributed by atoms with Crippen LogP contribution in [0.15, 0.2) is 0 Å². The fourth-order valence-corrected chi connectivity index (χ4v) is 3.40. The van der Waals surface area contributed by atoms with Crippen molar-refractivity contribution in [1.29, 1.82) is 0 Å². The number of amides is 1. The zero-order valence-corrected chi connectivity index (χ0v) is 13.5. The van der Waals surface area contributed by atoms with Gasteiger partial charge in [-0.3, -0.25) is 9.69 Å². The summed E-state index contributed by atoms with van der Waals surface area (Å²) in [7, 11) is -1.91. The lowest BCUT2D eigenvalue weighted by molar-refractivity contribution is -0.133. The summed E-state index contributed by atoms with van der Waals surface area (Å²) in [4.78, 5) is 16.1. The van der Waals surface area contributed by atoms with Crippen molar-refractivity contribution in [3.8, 4) is 0 Å². The Labute approximate surface area is 126 Å². The van der Waals surface area contributed by atoms with Gasteiger partial charge in [-0.05, 0) is 19.3 Å². The lowest BCUT2D eigenvalue weighted by Gasteiger charge is -2.39. The molecule has 21 heavy (non-hydrogen) atoms. The molecule has 1 heterocycles. The average molecular weight is 319 g/mol. The number of nitrogens with zero attached hydrogens (tertiary/aromatic N) is 3. The van der Waals surface area contributed by atoms with E-state index in [0.29, 0.717) is 13.1 Å². The van der Waals surface area contributed by atoms with Crippen molar-refractivity contribution >= 4 is 15.9 Å². The third-order valence-corrected chi connectivity index (χ3v) is 5.77. The smallest absolute Gasteiger partial charge is 0.237 e. The molecule has 0 unspecified atom stereocenters. The van der Waals surface area contributed by atoms with E-state index < -0.39 is 10.0 Å². The molecule has 1 saturated heterocycles. The summed E-state index contributed by atoms with van der Waals surface area (Å²) in [6, 6.07) is 0.223. The van der Waals surface area contributed by atoms with Gasteiger partial charge in [0.1, 0.15) is 0 Å². The van der Waals surface area contributed by atoms with Crippen molar-refractivity contribution in [1.82, 2.24) is 14.1 Å².